The van der Waals surface area contributed by atoms with E-state index in [1.807, 2.05) is 24.4 Å². The van der Waals surface area contributed by atoms with E-state index in [0.717, 1.165) is 59.2 Å². The molecule has 7 heteroatoms. The van der Waals surface area contributed by atoms with Crippen LogP contribution in [0, 0.1) is 0 Å². The molecule has 2 fully saturated rings. The van der Waals surface area contributed by atoms with Gasteiger partial charge in [0.25, 0.3) is 0 Å². The van der Waals surface area contributed by atoms with Crippen LogP contribution in [0.4, 0.5) is 10.1 Å². The highest BCUT2D eigenvalue weighted by molar-refractivity contribution is 9.10. The molecule has 0 bridgehead atoms. The smallest absolute Gasteiger partial charge is 0.148 e. The molecule has 0 spiro atoms. The molecule has 0 radical (unpaired) electrons. The summed E-state index contributed by atoms with van der Waals surface area (Å²) in [4.78, 5) is 7.06. The largest absolute Gasteiger partial charge is 0.496 e. The van der Waals surface area contributed by atoms with Gasteiger partial charge in [0.2, 0.25) is 0 Å². The van der Waals surface area contributed by atoms with Crippen molar-refractivity contribution in [1.82, 2.24) is 4.90 Å². The number of benzene rings is 2. The number of nitrogens with two attached hydrogens (primary N) is 1. The number of methoxy groups -OCH3 is 1. The highest BCUT2D eigenvalue weighted by Crippen LogP contribution is 2.48. The number of ether oxygens (including phenoxy) is 2. The van der Waals surface area contributed by atoms with Gasteiger partial charge in [-0.2, -0.15) is 0 Å². The number of fused-ring (bicyclic) bond motifs is 1. The zero-order valence-corrected chi connectivity index (χ0v) is 21.5. The number of nitrogens with zero attached hydrogens (tertiary/aromatic N) is 2. The third-order valence-electron chi connectivity index (χ3n) is 7.39. The zero-order valence-electron chi connectivity index (χ0n) is 19.9. The molecule has 2 aromatic rings. The lowest BCUT2D eigenvalue weighted by molar-refractivity contribution is 0.0227. The molecular formula is C27H33BrFN3O2. The fourth-order valence-corrected chi connectivity index (χ4v) is 5.65. The molecule has 34 heavy (non-hydrogen) atoms. The van der Waals surface area contributed by atoms with E-state index >= 15 is 4.39 Å². The summed E-state index contributed by atoms with van der Waals surface area (Å²) in [6.07, 6.45) is 7.01. The van der Waals surface area contributed by atoms with E-state index < -0.39 is 5.67 Å². The van der Waals surface area contributed by atoms with Gasteiger partial charge in [0.1, 0.15) is 17.6 Å². The van der Waals surface area contributed by atoms with E-state index in [2.05, 4.69) is 39.9 Å². The van der Waals surface area contributed by atoms with Gasteiger partial charge in [-0.3, -0.25) is 9.89 Å². The molecule has 0 amide bonds. The van der Waals surface area contributed by atoms with Gasteiger partial charge < -0.3 is 15.2 Å². The molecule has 2 aromatic carbocycles. The van der Waals surface area contributed by atoms with Crippen LogP contribution in [0.15, 0.2) is 39.8 Å². The summed E-state index contributed by atoms with van der Waals surface area (Å²) in [6, 6.07) is 10.2. The number of hydrogen-bond donors (Lipinski definition) is 1. The highest BCUT2D eigenvalue weighted by Gasteiger charge is 2.48. The Bertz CT molecular complexity index is 1080. The molecule has 2 aliphatic heterocycles. The second-order valence-electron chi connectivity index (χ2n) is 9.90. The predicted octanol–water partition coefficient (Wildman–Crippen LogP) is 5.82. The third kappa shape index (κ3) is 4.75. The summed E-state index contributed by atoms with van der Waals surface area (Å²) in [5.74, 6) is 0.788. The lowest BCUT2D eigenvalue weighted by Gasteiger charge is -2.44. The Morgan fingerprint density at radius 1 is 1.26 bits per heavy atom. The van der Waals surface area contributed by atoms with Crippen LogP contribution in [0.1, 0.15) is 67.3 Å². The fraction of sp³-hybridized carbons (Fsp3) is 0.519. The molecule has 182 valence electrons. The molecule has 1 saturated carbocycles. The van der Waals surface area contributed by atoms with E-state index in [0.29, 0.717) is 25.1 Å². The normalized spacial score (nSPS) is 26.4. The van der Waals surface area contributed by atoms with Gasteiger partial charge in [-0.15, -0.1) is 0 Å². The number of alkyl halides is 1. The molecule has 3 atom stereocenters. The van der Waals surface area contributed by atoms with Crippen LogP contribution in [0.2, 0.25) is 0 Å². The molecule has 0 aromatic heterocycles. The van der Waals surface area contributed by atoms with E-state index in [1.165, 1.54) is 5.56 Å². The van der Waals surface area contributed by atoms with Gasteiger partial charge in [-0.25, -0.2) is 4.39 Å². The fourth-order valence-electron chi connectivity index (χ4n) is 5.31. The molecule has 2 heterocycles. The van der Waals surface area contributed by atoms with Crippen molar-refractivity contribution in [2.45, 2.75) is 69.4 Å². The Labute approximate surface area is 209 Å². The summed E-state index contributed by atoms with van der Waals surface area (Å²) in [7, 11) is 1.69. The van der Waals surface area contributed by atoms with Crippen LogP contribution in [-0.2, 0) is 11.2 Å². The predicted molar refractivity (Wildman–Crippen MR) is 138 cm³/mol. The first-order chi connectivity index (χ1) is 16.4. The topological polar surface area (TPSA) is 60.1 Å². The van der Waals surface area contributed by atoms with E-state index in [1.54, 1.807) is 7.11 Å². The van der Waals surface area contributed by atoms with Crippen LogP contribution in [0.25, 0.3) is 0 Å². The van der Waals surface area contributed by atoms with Crippen LogP contribution in [-0.4, -0.2) is 49.3 Å². The average molecular weight is 530 g/mol. The summed E-state index contributed by atoms with van der Waals surface area (Å²) < 4.78 is 27.6. The highest BCUT2D eigenvalue weighted by atomic mass is 79.9. The first kappa shape index (κ1) is 23.8. The number of halogens is 2. The Morgan fingerprint density at radius 3 is 2.76 bits per heavy atom. The Morgan fingerprint density at radius 2 is 2.06 bits per heavy atom. The maximum atomic E-state index is 15.1. The molecule has 5 nitrogen and oxygen atoms in total. The van der Waals surface area contributed by atoms with Crippen LogP contribution >= 0.6 is 15.9 Å². The lowest BCUT2D eigenvalue weighted by Crippen LogP contribution is -2.46. The molecule has 1 unspecified atom stereocenters. The minimum Gasteiger partial charge on any atom is -0.496 e. The van der Waals surface area contributed by atoms with Crippen molar-refractivity contribution >= 4 is 27.8 Å². The summed E-state index contributed by atoms with van der Waals surface area (Å²) in [6.45, 7) is 3.36. The van der Waals surface area contributed by atoms with Gasteiger partial charge >= 0.3 is 0 Å². The molecule has 1 aliphatic carbocycles. The third-order valence-corrected chi connectivity index (χ3v) is 7.89. The quantitative estimate of drug-likeness (QED) is 0.378. The Balaban J connectivity index is 1.60. The van der Waals surface area contributed by atoms with Crippen molar-refractivity contribution in [3.8, 4) is 5.75 Å². The van der Waals surface area contributed by atoms with E-state index in [4.69, 9.17) is 20.2 Å². The van der Waals surface area contributed by atoms with Gasteiger partial charge in [-0.05, 0) is 74.8 Å². The summed E-state index contributed by atoms with van der Waals surface area (Å²) in [5, 5.41) is 0. The first-order valence-corrected chi connectivity index (χ1v) is 13.0. The number of anilines is 1. The zero-order chi connectivity index (χ0) is 23.9. The lowest BCUT2D eigenvalue weighted by atomic mass is 9.82. The van der Waals surface area contributed by atoms with Crippen molar-refractivity contribution in [3.05, 3.63) is 57.1 Å². The second kappa shape index (κ2) is 9.59. The number of rotatable bonds is 6. The van der Waals surface area contributed by atoms with E-state index in [-0.39, 0.29) is 18.3 Å². The van der Waals surface area contributed by atoms with Crippen LogP contribution in [0.5, 0.6) is 5.75 Å². The number of hydrogen-bond acceptors (Lipinski definition) is 5. The molecule has 5 rings (SSSR count). The van der Waals surface area contributed by atoms with Crippen molar-refractivity contribution in [2.24, 2.45) is 4.99 Å². The molecule has 3 aliphatic rings. The number of aliphatic imine (C=N–C) groups is 1. The molecule has 1 saturated heterocycles. The van der Waals surface area contributed by atoms with Gasteiger partial charge in [-0.1, -0.05) is 28.1 Å². The minimum absolute atomic E-state index is 0.106. The average Bonchev–Trinajstić information content (AvgIpc) is 3.57. The maximum absolute atomic E-state index is 15.1. The van der Waals surface area contributed by atoms with Gasteiger partial charge in [0.05, 0.1) is 13.2 Å². The SMILES string of the molecule is COc1cc(Br)ccc1[C@@H]1c2ccc(N)c(C=NC3CCCCO3)c2C[C@@H](C)N1CC1(F)CC1. The number of nitrogen functional groups attached to an aromatic ring is 1. The minimum atomic E-state index is -1.09. The maximum Gasteiger partial charge on any atom is 0.148 e. The monoisotopic (exact) mass is 529 g/mol. The Hall–Kier alpha value is -1.96. The summed E-state index contributed by atoms with van der Waals surface area (Å²) >= 11 is 3.56. The second-order valence-corrected chi connectivity index (χ2v) is 10.8. The van der Waals surface area contributed by atoms with Crippen molar-refractivity contribution in [1.29, 1.82) is 0 Å². The van der Waals surface area contributed by atoms with Crippen molar-refractivity contribution < 1.29 is 13.9 Å². The first-order valence-electron chi connectivity index (χ1n) is 12.2. The van der Waals surface area contributed by atoms with Crippen LogP contribution < -0.4 is 10.5 Å². The van der Waals surface area contributed by atoms with Crippen LogP contribution in [0.3, 0.4) is 0 Å². The van der Waals surface area contributed by atoms with Crippen molar-refractivity contribution in [3.63, 3.8) is 0 Å². The van der Waals surface area contributed by atoms with Gasteiger partial charge in [0.15, 0.2) is 0 Å². The molecular weight excluding hydrogens is 497 g/mol. The van der Waals surface area contributed by atoms with Crippen molar-refractivity contribution in [2.75, 3.05) is 26.0 Å². The summed E-state index contributed by atoms with van der Waals surface area (Å²) in [5.41, 5.74) is 10.4. The van der Waals surface area contributed by atoms with Gasteiger partial charge in [0, 0.05) is 46.7 Å². The molecule has 2 N–H and O–H groups in total. The standard InChI is InChI=1S/C27H33BrFN3O2/c1-17-13-21-19(8-9-23(30)22(21)15-31-25-5-3-4-12-34-25)26(32(17)16-27(29)10-11-27)20-7-6-18(28)14-24(20)33-2/h6-9,14-15,17,25-26H,3-5,10-13,16,30H2,1-2H3/t17-,25?,26+/m1/s1. The van der Waals surface area contributed by atoms with E-state index in [9.17, 15) is 0 Å². The Kier molecular flexibility index (Phi) is 6.70.